The number of nitrogens with zero attached hydrogens (tertiary/aromatic N) is 3. The standard InChI is InChI=1S/C13H22N4O2S/c1-11(2)16-6-8-17(9-7-16)12-4-5-15-10-13(12)20(18,19)14-3/h4-5,10-11,14H,6-9H2,1-3H3. The summed E-state index contributed by atoms with van der Waals surface area (Å²) in [7, 11) is -2.06. The largest absolute Gasteiger partial charge is 0.368 e. The summed E-state index contributed by atoms with van der Waals surface area (Å²) in [5, 5.41) is 0. The molecule has 1 aliphatic heterocycles. The Hall–Kier alpha value is -1.18. The average Bonchev–Trinajstić information content (AvgIpc) is 2.47. The van der Waals surface area contributed by atoms with Crippen LogP contribution in [0, 0.1) is 0 Å². The number of aromatic nitrogens is 1. The van der Waals surface area contributed by atoms with E-state index in [2.05, 4.69) is 33.4 Å². The van der Waals surface area contributed by atoms with E-state index >= 15 is 0 Å². The number of anilines is 1. The van der Waals surface area contributed by atoms with E-state index in [1.807, 2.05) is 0 Å². The fourth-order valence-corrected chi connectivity index (χ4v) is 3.32. The summed E-state index contributed by atoms with van der Waals surface area (Å²) >= 11 is 0. The second-order valence-corrected chi connectivity index (χ2v) is 7.02. The first-order valence-electron chi connectivity index (χ1n) is 6.82. The summed E-state index contributed by atoms with van der Waals surface area (Å²) in [6, 6.07) is 2.30. The van der Waals surface area contributed by atoms with Gasteiger partial charge in [0.25, 0.3) is 0 Å². The molecule has 1 saturated heterocycles. The summed E-state index contributed by atoms with van der Waals surface area (Å²) < 4.78 is 26.5. The summed E-state index contributed by atoms with van der Waals surface area (Å²) in [6.45, 7) is 7.90. The Kier molecular flexibility index (Phi) is 4.62. The molecule has 1 aliphatic rings. The van der Waals surface area contributed by atoms with Crippen molar-refractivity contribution in [3.05, 3.63) is 18.5 Å². The zero-order valence-electron chi connectivity index (χ0n) is 12.2. The highest BCUT2D eigenvalue weighted by molar-refractivity contribution is 7.89. The zero-order valence-corrected chi connectivity index (χ0v) is 13.0. The van der Waals surface area contributed by atoms with Crippen LogP contribution in [-0.4, -0.2) is 57.6 Å². The molecule has 112 valence electrons. The zero-order chi connectivity index (χ0) is 14.8. The molecule has 1 fully saturated rings. The molecule has 0 unspecified atom stereocenters. The molecule has 0 atom stereocenters. The molecule has 0 bridgehead atoms. The van der Waals surface area contributed by atoms with E-state index in [9.17, 15) is 8.42 Å². The Morgan fingerprint density at radius 3 is 2.45 bits per heavy atom. The van der Waals surface area contributed by atoms with Crippen LogP contribution in [-0.2, 0) is 10.0 Å². The van der Waals surface area contributed by atoms with E-state index in [1.165, 1.54) is 13.2 Å². The van der Waals surface area contributed by atoms with Gasteiger partial charge in [0.05, 0.1) is 5.69 Å². The molecule has 0 radical (unpaired) electrons. The van der Waals surface area contributed by atoms with Crippen molar-refractivity contribution < 1.29 is 8.42 Å². The van der Waals surface area contributed by atoms with Crippen LogP contribution in [0.25, 0.3) is 0 Å². The third-order valence-electron chi connectivity index (χ3n) is 3.71. The van der Waals surface area contributed by atoms with Crippen LogP contribution in [0.15, 0.2) is 23.4 Å². The van der Waals surface area contributed by atoms with Gasteiger partial charge in [-0.3, -0.25) is 9.88 Å². The van der Waals surface area contributed by atoms with Gasteiger partial charge < -0.3 is 4.90 Å². The Morgan fingerprint density at radius 2 is 1.90 bits per heavy atom. The number of hydrogen-bond donors (Lipinski definition) is 1. The third kappa shape index (κ3) is 3.11. The van der Waals surface area contributed by atoms with Crippen LogP contribution in [0.3, 0.4) is 0 Å². The topological polar surface area (TPSA) is 65.5 Å². The highest BCUT2D eigenvalue weighted by Crippen LogP contribution is 2.25. The van der Waals surface area contributed by atoms with Crippen molar-refractivity contribution in [2.75, 3.05) is 38.1 Å². The Labute approximate surface area is 120 Å². The smallest absolute Gasteiger partial charge is 0.243 e. The van der Waals surface area contributed by atoms with Crippen molar-refractivity contribution in [1.29, 1.82) is 0 Å². The predicted octanol–water partition coefficient (Wildman–Crippen LogP) is 0.520. The number of rotatable bonds is 4. The first-order chi connectivity index (χ1) is 9.45. The molecule has 7 heteroatoms. The van der Waals surface area contributed by atoms with E-state index < -0.39 is 10.0 Å². The van der Waals surface area contributed by atoms with Gasteiger partial charge in [-0.05, 0) is 27.0 Å². The molecule has 2 rings (SSSR count). The van der Waals surface area contributed by atoms with Crippen LogP contribution < -0.4 is 9.62 Å². The second-order valence-electron chi connectivity index (χ2n) is 5.17. The molecule has 20 heavy (non-hydrogen) atoms. The quantitative estimate of drug-likeness (QED) is 0.878. The van der Waals surface area contributed by atoms with Crippen LogP contribution in [0.5, 0.6) is 0 Å². The lowest BCUT2D eigenvalue weighted by Gasteiger charge is -2.38. The van der Waals surface area contributed by atoms with Gasteiger partial charge in [0.1, 0.15) is 4.90 Å². The van der Waals surface area contributed by atoms with Crippen molar-refractivity contribution in [3.8, 4) is 0 Å². The lowest BCUT2D eigenvalue weighted by molar-refractivity contribution is 0.209. The van der Waals surface area contributed by atoms with E-state index in [0.29, 0.717) is 6.04 Å². The van der Waals surface area contributed by atoms with Crippen molar-refractivity contribution in [2.45, 2.75) is 24.8 Å². The maximum absolute atomic E-state index is 12.0. The van der Waals surface area contributed by atoms with Crippen molar-refractivity contribution in [3.63, 3.8) is 0 Å². The van der Waals surface area contributed by atoms with Crippen molar-refractivity contribution in [1.82, 2.24) is 14.6 Å². The van der Waals surface area contributed by atoms with Crippen LogP contribution >= 0.6 is 0 Å². The minimum absolute atomic E-state index is 0.250. The van der Waals surface area contributed by atoms with Gasteiger partial charge in [-0.2, -0.15) is 0 Å². The number of nitrogens with one attached hydrogen (secondary N) is 1. The van der Waals surface area contributed by atoms with E-state index in [0.717, 1.165) is 31.9 Å². The first kappa shape index (κ1) is 15.2. The highest BCUT2D eigenvalue weighted by Gasteiger charge is 2.24. The Balaban J connectivity index is 2.23. The molecule has 0 aromatic carbocycles. The molecule has 0 aliphatic carbocycles. The normalized spacial score (nSPS) is 17.7. The first-order valence-corrected chi connectivity index (χ1v) is 8.30. The van der Waals surface area contributed by atoms with E-state index in [1.54, 1.807) is 12.3 Å². The van der Waals surface area contributed by atoms with Crippen LogP contribution in [0.1, 0.15) is 13.8 Å². The number of sulfonamides is 1. The van der Waals surface area contributed by atoms with Crippen LogP contribution in [0.2, 0.25) is 0 Å². The van der Waals surface area contributed by atoms with Gasteiger partial charge in [0.2, 0.25) is 10.0 Å². The monoisotopic (exact) mass is 298 g/mol. The summed E-state index contributed by atoms with van der Waals surface area (Å²) in [4.78, 5) is 8.70. The van der Waals surface area contributed by atoms with Gasteiger partial charge in [-0.1, -0.05) is 0 Å². The van der Waals surface area contributed by atoms with Gasteiger partial charge in [-0.15, -0.1) is 0 Å². The minimum Gasteiger partial charge on any atom is -0.368 e. The third-order valence-corrected chi connectivity index (χ3v) is 5.14. The van der Waals surface area contributed by atoms with Crippen molar-refractivity contribution >= 4 is 15.7 Å². The summed E-state index contributed by atoms with van der Waals surface area (Å²) in [5.41, 5.74) is 0.734. The molecular weight excluding hydrogens is 276 g/mol. The van der Waals surface area contributed by atoms with Gasteiger partial charge >= 0.3 is 0 Å². The van der Waals surface area contributed by atoms with Crippen LogP contribution in [0.4, 0.5) is 5.69 Å². The Bertz CT molecular complexity index is 551. The second kappa shape index (κ2) is 6.07. The fourth-order valence-electron chi connectivity index (χ4n) is 2.43. The summed E-state index contributed by atoms with van der Waals surface area (Å²) in [6.07, 6.45) is 3.05. The van der Waals surface area contributed by atoms with Crippen molar-refractivity contribution in [2.24, 2.45) is 0 Å². The highest BCUT2D eigenvalue weighted by atomic mass is 32.2. The maximum atomic E-state index is 12.0. The SMILES string of the molecule is CNS(=O)(=O)c1cnccc1N1CCN(C(C)C)CC1. The van der Waals surface area contributed by atoms with E-state index in [4.69, 9.17) is 0 Å². The molecule has 1 aromatic rings. The summed E-state index contributed by atoms with van der Waals surface area (Å²) in [5.74, 6) is 0. The fraction of sp³-hybridized carbons (Fsp3) is 0.615. The molecule has 0 saturated carbocycles. The number of hydrogen-bond acceptors (Lipinski definition) is 5. The molecule has 0 spiro atoms. The van der Waals surface area contributed by atoms with Gasteiger partial charge in [0.15, 0.2) is 0 Å². The number of pyridine rings is 1. The predicted molar refractivity (Wildman–Crippen MR) is 79.4 cm³/mol. The molecule has 1 N–H and O–H groups in total. The lowest BCUT2D eigenvalue weighted by Crippen LogP contribution is -2.49. The Morgan fingerprint density at radius 1 is 1.25 bits per heavy atom. The minimum atomic E-state index is -3.48. The molecule has 0 amide bonds. The van der Waals surface area contributed by atoms with Gasteiger partial charge in [-0.25, -0.2) is 13.1 Å². The molecule has 1 aromatic heterocycles. The molecular formula is C13H22N4O2S. The molecule has 2 heterocycles. The molecule has 6 nitrogen and oxygen atoms in total. The van der Waals surface area contributed by atoms with Gasteiger partial charge in [0, 0.05) is 44.6 Å². The average molecular weight is 298 g/mol. The van der Waals surface area contributed by atoms with E-state index in [-0.39, 0.29) is 4.90 Å². The maximum Gasteiger partial charge on any atom is 0.243 e. The lowest BCUT2D eigenvalue weighted by atomic mass is 10.2. The number of piperazine rings is 1.